The molecular formula is C12H9F3N2O. The molecule has 6 heteroatoms. The monoisotopic (exact) mass is 254 g/mol. The summed E-state index contributed by atoms with van der Waals surface area (Å²) in [6, 6.07) is 4.58. The molecule has 0 bridgehead atoms. The van der Waals surface area contributed by atoms with Crippen LogP contribution in [0.25, 0.3) is 5.69 Å². The number of carbonyl (C=O) groups is 1. The Bertz CT molecular complexity index is 570. The van der Waals surface area contributed by atoms with E-state index in [1.807, 2.05) is 0 Å². The second-order valence-electron chi connectivity index (χ2n) is 3.80. The maximum atomic E-state index is 12.4. The third-order valence-corrected chi connectivity index (χ3v) is 2.51. The van der Waals surface area contributed by atoms with Crippen LogP contribution < -0.4 is 0 Å². The summed E-state index contributed by atoms with van der Waals surface area (Å²) in [6.45, 7) is 1.71. The van der Waals surface area contributed by atoms with E-state index in [-0.39, 0.29) is 5.69 Å². The summed E-state index contributed by atoms with van der Waals surface area (Å²) in [6.07, 6.45) is -2.16. The molecule has 0 aliphatic carbocycles. The molecule has 0 saturated carbocycles. The smallest absolute Gasteiger partial charge is 0.296 e. The number of benzene rings is 1. The van der Waals surface area contributed by atoms with Crippen molar-refractivity contribution in [3.8, 4) is 5.69 Å². The van der Waals surface area contributed by atoms with Crippen LogP contribution in [0.5, 0.6) is 0 Å². The second-order valence-corrected chi connectivity index (χ2v) is 3.80. The van der Waals surface area contributed by atoms with Crippen LogP contribution in [0.1, 0.15) is 21.6 Å². The number of aryl methyl sites for hydroxylation is 1. The van der Waals surface area contributed by atoms with Gasteiger partial charge in [-0.3, -0.25) is 4.79 Å². The van der Waals surface area contributed by atoms with Gasteiger partial charge in [0.15, 0.2) is 6.29 Å². The highest BCUT2D eigenvalue weighted by Crippen LogP contribution is 2.29. The van der Waals surface area contributed by atoms with Gasteiger partial charge < -0.3 is 0 Å². The van der Waals surface area contributed by atoms with Crippen molar-refractivity contribution in [1.29, 1.82) is 0 Å². The van der Waals surface area contributed by atoms with Crippen molar-refractivity contribution in [2.75, 3.05) is 0 Å². The Hall–Kier alpha value is -2.11. The van der Waals surface area contributed by atoms with E-state index in [2.05, 4.69) is 5.10 Å². The number of carbonyl (C=O) groups excluding carboxylic acids is 1. The van der Waals surface area contributed by atoms with E-state index in [0.29, 0.717) is 17.5 Å². The van der Waals surface area contributed by atoms with E-state index in [1.54, 1.807) is 13.1 Å². The van der Waals surface area contributed by atoms with Gasteiger partial charge in [0.1, 0.15) is 5.69 Å². The SMILES string of the molecule is Cc1cn(-c2ccc(C(F)(F)F)cc2)nc1C=O. The molecule has 3 nitrogen and oxygen atoms in total. The molecule has 0 radical (unpaired) electrons. The van der Waals surface area contributed by atoms with Crippen LogP contribution in [-0.2, 0) is 6.18 Å². The van der Waals surface area contributed by atoms with E-state index < -0.39 is 11.7 Å². The molecule has 2 rings (SSSR count). The minimum absolute atomic E-state index is 0.273. The van der Waals surface area contributed by atoms with E-state index >= 15 is 0 Å². The van der Waals surface area contributed by atoms with Crippen LogP contribution in [0.2, 0.25) is 0 Å². The van der Waals surface area contributed by atoms with Crippen molar-refractivity contribution in [2.24, 2.45) is 0 Å². The van der Waals surface area contributed by atoms with Gasteiger partial charge in [-0.1, -0.05) is 0 Å². The zero-order valence-corrected chi connectivity index (χ0v) is 9.40. The highest BCUT2D eigenvalue weighted by atomic mass is 19.4. The predicted molar refractivity (Wildman–Crippen MR) is 58.7 cm³/mol. The molecule has 1 aromatic heterocycles. The van der Waals surface area contributed by atoms with Gasteiger partial charge in [0.25, 0.3) is 0 Å². The molecule has 0 saturated heterocycles. The normalized spacial score (nSPS) is 11.6. The average Bonchev–Trinajstić information content (AvgIpc) is 2.69. The lowest BCUT2D eigenvalue weighted by Crippen LogP contribution is -2.05. The number of aromatic nitrogens is 2. The Kier molecular flexibility index (Phi) is 2.94. The Morgan fingerprint density at radius 2 is 1.83 bits per heavy atom. The van der Waals surface area contributed by atoms with Crippen molar-refractivity contribution in [3.63, 3.8) is 0 Å². The van der Waals surface area contributed by atoms with Crippen LogP contribution in [0.3, 0.4) is 0 Å². The van der Waals surface area contributed by atoms with E-state index in [9.17, 15) is 18.0 Å². The van der Waals surface area contributed by atoms with Gasteiger partial charge in [-0.2, -0.15) is 18.3 Å². The summed E-state index contributed by atoms with van der Waals surface area (Å²) in [5.74, 6) is 0. The zero-order chi connectivity index (χ0) is 13.3. The number of alkyl halides is 3. The molecule has 0 spiro atoms. The summed E-state index contributed by atoms with van der Waals surface area (Å²) < 4.78 is 38.5. The van der Waals surface area contributed by atoms with Gasteiger partial charge in [0, 0.05) is 6.20 Å². The Morgan fingerprint density at radius 1 is 1.22 bits per heavy atom. The lowest BCUT2D eigenvalue weighted by Gasteiger charge is -2.07. The van der Waals surface area contributed by atoms with Crippen molar-refractivity contribution < 1.29 is 18.0 Å². The van der Waals surface area contributed by atoms with Gasteiger partial charge in [-0.05, 0) is 36.8 Å². The number of nitrogens with zero attached hydrogens (tertiary/aromatic N) is 2. The number of halogens is 3. The first-order chi connectivity index (χ1) is 8.41. The van der Waals surface area contributed by atoms with E-state index in [1.165, 1.54) is 16.8 Å². The van der Waals surface area contributed by atoms with Gasteiger partial charge in [0.05, 0.1) is 11.3 Å². The summed E-state index contributed by atoms with van der Waals surface area (Å²) in [5, 5.41) is 3.96. The molecule has 94 valence electrons. The third kappa shape index (κ3) is 2.27. The minimum Gasteiger partial charge on any atom is -0.296 e. The predicted octanol–water partition coefficient (Wildman–Crippen LogP) is 3.01. The Morgan fingerprint density at radius 3 is 2.28 bits per heavy atom. The summed E-state index contributed by atoms with van der Waals surface area (Å²) in [4.78, 5) is 10.6. The molecule has 0 unspecified atom stereocenters. The number of aldehydes is 1. The maximum Gasteiger partial charge on any atom is 0.416 e. The molecule has 0 atom stereocenters. The van der Waals surface area contributed by atoms with Crippen molar-refractivity contribution in [3.05, 3.63) is 47.3 Å². The first-order valence-corrected chi connectivity index (χ1v) is 5.11. The quantitative estimate of drug-likeness (QED) is 0.772. The lowest BCUT2D eigenvalue weighted by atomic mass is 10.2. The summed E-state index contributed by atoms with van der Waals surface area (Å²) in [5.41, 5.74) is 0.699. The summed E-state index contributed by atoms with van der Waals surface area (Å²) >= 11 is 0. The molecule has 0 amide bonds. The summed E-state index contributed by atoms with van der Waals surface area (Å²) in [7, 11) is 0. The van der Waals surface area contributed by atoms with Gasteiger partial charge in [-0.15, -0.1) is 0 Å². The number of rotatable bonds is 2. The molecule has 18 heavy (non-hydrogen) atoms. The van der Waals surface area contributed by atoms with Crippen molar-refractivity contribution in [2.45, 2.75) is 13.1 Å². The molecule has 0 N–H and O–H groups in total. The van der Waals surface area contributed by atoms with E-state index in [0.717, 1.165) is 12.1 Å². The standard InChI is InChI=1S/C12H9F3N2O/c1-8-6-17(16-11(8)7-18)10-4-2-9(3-5-10)12(13,14)15/h2-7H,1H3. The fourth-order valence-electron chi connectivity index (χ4n) is 1.53. The topological polar surface area (TPSA) is 34.9 Å². The molecule has 2 aromatic rings. The van der Waals surface area contributed by atoms with Crippen LogP contribution >= 0.6 is 0 Å². The maximum absolute atomic E-state index is 12.4. The van der Waals surface area contributed by atoms with Crippen LogP contribution in [0, 0.1) is 6.92 Å². The van der Waals surface area contributed by atoms with Crippen LogP contribution in [-0.4, -0.2) is 16.1 Å². The van der Waals surface area contributed by atoms with Crippen LogP contribution in [0.15, 0.2) is 30.5 Å². The van der Waals surface area contributed by atoms with Gasteiger partial charge in [-0.25, -0.2) is 4.68 Å². The molecule has 0 aliphatic rings. The molecular weight excluding hydrogens is 245 g/mol. The highest BCUT2D eigenvalue weighted by Gasteiger charge is 2.30. The van der Waals surface area contributed by atoms with E-state index in [4.69, 9.17) is 0 Å². The van der Waals surface area contributed by atoms with Crippen molar-refractivity contribution >= 4 is 6.29 Å². The largest absolute Gasteiger partial charge is 0.416 e. The zero-order valence-electron chi connectivity index (χ0n) is 9.40. The fraction of sp³-hybridized carbons (Fsp3) is 0.167. The molecule has 0 fully saturated rings. The first-order valence-electron chi connectivity index (χ1n) is 5.11. The molecule has 1 aromatic carbocycles. The fourth-order valence-corrected chi connectivity index (χ4v) is 1.53. The van der Waals surface area contributed by atoms with Crippen LogP contribution in [0.4, 0.5) is 13.2 Å². The Balaban J connectivity index is 2.37. The lowest BCUT2D eigenvalue weighted by molar-refractivity contribution is -0.137. The molecule has 1 heterocycles. The van der Waals surface area contributed by atoms with Gasteiger partial charge >= 0.3 is 6.18 Å². The number of hydrogen-bond donors (Lipinski definition) is 0. The van der Waals surface area contributed by atoms with Crippen molar-refractivity contribution in [1.82, 2.24) is 9.78 Å². The second kappa shape index (κ2) is 4.29. The third-order valence-electron chi connectivity index (χ3n) is 2.51. The number of hydrogen-bond acceptors (Lipinski definition) is 2. The average molecular weight is 254 g/mol. The Labute approximate surface area is 101 Å². The molecule has 0 aliphatic heterocycles. The highest BCUT2D eigenvalue weighted by molar-refractivity contribution is 5.73. The first kappa shape index (κ1) is 12.3. The minimum atomic E-state index is -4.35. The van der Waals surface area contributed by atoms with Gasteiger partial charge in [0.2, 0.25) is 0 Å².